The number of fused-ring (bicyclic) bond motifs is 4. The largest absolute Gasteiger partial charge is 0.457 e. The summed E-state index contributed by atoms with van der Waals surface area (Å²) >= 11 is 0. The molecule has 0 amide bonds. The number of ether oxygens (including phenoxy) is 1. The van der Waals surface area contributed by atoms with E-state index in [-0.39, 0.29) is 5.41 Å². The van der Waals surface area contributed by atoms with Gasteiger partial charge in [-0.2, -0.15) is 0 Å². The zero-order chi connectivity index (χ0) is 33.0. The normalized spacial score (nSPS) is 13.0. The molecule has 0 radical (unpaired) electrons. The molecule has 0 fully saturated rings. The lowest BCUT2D eigenvalue weighted by Gasteiger charge is -2.27. The number of hydrogen-bond acceptors (Lipinski definition) is 4. The van der Waals surface area contributed by atoms with Gasteiger partial charge in [0.1, 0.15) is 23.1 Å². The van der Waals surface area contributed by atoms with E-state index in [1.54, 1.807) is 0 Å². The van der Waals surface area contributed by atoms with Crippen LogP contribution in [0.15, 0.2) is 151 Å². The molecule has 5 aromatic carbocycles. The van der Waals surface area contributed by atoms with Crippen LogP contribution in [0.4, 0.5) is 22.7 Å². The molecule has 0 spiro atoms. The average molecular weight is 627 g/mol. The van der Waals surface area contributed by atoms with Gasteiger partial charge < -0.3 is 4.74 Å². The Morgan fingerprint density at radius 1 is 0.583 bits per heavy atom. The van der Waals surface area contributed by atoms with E-state index in [1.165, 1.54) is 16.5 Å². The van der Waals surface area contributed by atoms with Crippen molar-refractivity contribution >= 4 is 44.6 Å². The summed E-state index contributed by atoms with van der Waals surface area (Å²) in [5.74, 6) is 3.56. The van der Waals surface area contributed by atoms with Crippen molar-refractivity contribution in [2.24, 2.45) is 0 Å². The molecular formula is C43H38N4O. The highest BCUT2D eigenvalue weighted by Crippen LogP contribution is 2.50. The number of nitrogens with zero attached hydrogens (tertiary/aromatic N) is 4. The Hall–Kier alpha value is -5.81. The van der Waals surface area contributed by atoms with E-state index in [9.17, 15) is 0 Å². The summed E-state index contributed by atoms with van der Waals surface area (Å²) in [6.45, 7) is 11.0. The average Bonchev–Trinajstić information content (AvgIpc) is 3.62. The molecule has 1 aliphatic heterocycles. The van der Waals surface area contributed by atoms with Crippen LogP contribution in [0.25, 0.3) is 27.6 Å². The third-order valence-corrected chi connectivity index (χ3v) is 9.05. The van der Waals surface area contributed by atoms with Crippen LogP contribution >= 0.6 is 0 Å². The SMILES string of the molecule is CC(C)=C1N(c2ccccc2)c2ccccc2N1c1cccc(Oc2ccc3c4ccccc4n(-c4cc(C(C)(C)C)ccn4)c3c2)c1. The van der Waals surface area contributed by atoms with Gasteiger partial charge in [0, 0.05) is 34.8 Å². The topological polar surface area (TPSA) is 33.5 Å². The number of aromatic nitrogens is 2. The molecule has 0 bridgehead atoms. The maximum absolute atomic E-state index is 6.66. The Kier molecular flexibility index (Phi) is 7.06. The van der Waals surface area contributed by atoms with E-state index in [4.69, 9.17) is 9.72 Å². The van der Waals surface area contributed by atoms with Crippen LogP contribution in [0.1, 0.15) is 40.2 Å². The number of para-hydroxylation sites is 4. The molecule has 5 heteroatoms. The van der Waals surface area contributed by atoms with Crippen molar-refractivity contribution in [3.8, 4) is 17.3 Å². The zero-order valence-electron chi connectivity index (χ0n) is 28.0. The minimum Gasteiger partial charge on any atom is -0.457 e. The first-order valence-corrected chi connectivity index (χ1v) is 16.5. The van der Waals surface area contributed by atoms with Crippen LogP contribution in [0.5, 0.6) is 11.5 Å². The van der Waals surface area contributed by atoms with Crippen molar-refractivity contribution in [1.82, 2.24) is 9.55 Å². The molecule has 0 atom stereocenters. The Bertz CT molecular complexity index is 2340. The van der Waals surface area contributed by atoms with Crippen molar-refractivity contribution in [1.29, 1.82) is 0 Å². The van der Waals surface area contributed by atoms with Crippen molar-refractivity contribution in [2.45, 2.75) is 40.0 Å². The fourth-order valence-electron chi connectivity index (χ4n) is 6.81. The van der Waals surface area contributed by atoms with E-state index in [1.807, 2.05) is 12.3 Å². The van der Waals surface area contributed by atoms with Crippen molar-refractivity contribution < 1.29 is 4.74 Å². The molecule has 236 valence electrons. The minimum absolute atomic E-state index is 0.00902. The van der Waals surface area contributed by atoms with Gasteiger partial charge in [-0.1, -0.05) is 75.4 Å². The van der Waals surface area contributed by atoms with Crippen molar-refractivity contribution in [3.05, 3.63) is 157 Å². The molecule has 0 aliphatic carbocycles. The predicted molar refractivity (Wildman–Crippen MR) is 199 cm³/mol. The van der Waals surface area contributed by atoms with Crippen LogP contribution in [-0.2, 0) is 5.41 Å². The number of allylic oxidation sites excluding steroid dienone is 1. The summed E-state index contributed by atoms with van der Waals surface area (Å²) in [6, 6.07) is 46.7. The van der Waals surface area contributed by atoms with Gasteiger partial charge >= 0.3 is 0 Å². The second-order valence-corrected chi connectivity index (χ2v) is 13.6. The Morgan fingerprint density at radius 2 is 1.23 bits per heavy atom. The van der Waals surface area contributed by atoms with Gasteiger partial charge in [-0.25, -0.2) is 4.98 Å². The van der Waals surface area contributed by atoms with E-state index in [2.05, 4.69) is 176 Å². The van der Waals surface area contributed by atoms with E-state index < -0.39 is 0 Å². The highest BCUT2D eigenvalue weighted by atomic mass is 16.5. The van der Waals surface area contributed by atoms with Crippen molar-refractivity contribution in [2.75, 3.05) is 9.80 Å². The fraction of sp³-hybridized carbons (Fsp3) is 0.140. The summed E-state index contributed by atoms with van der Waals surface area (Å²) in [4.78, 5) is 9.51. The van der Waals surface area contributed by atoms with Gasteiger partial charge in [0.05, 0.1) is 28.1 Å². The molecule has 5 nitrogen and oxygen atoms in total. The lowest BCUT2D eigenvalue weighted by Crippen LogP contribution is -2.22. The van der Waals surface area contributed by atoms with Gasteiger partial charge in [-0.15, -0.1) is 0 Å². The van der Waals surface area contributed by atoms with E-state index >= 15 is 0 Å². The molecule has 48 heavy (non-hydrogen) atoms. The molecular weight excluding hydrogens is 589 g/mol. The van der Waals surface area contributed by atoms with Gasteiger partial charge in [0.25, 0.3) is 0 Å². The Balaban J connectivity index is 1.21. The van der Waals surface area contributed by atoms with E-state index in [0.29, 0.717) is 0 Å². The number of rotatable bonds is 5. The Morgan fingerprint density at radius 3 is 1.98 bits per heavy atom. The number of benzene rings is 5. The van der Waals surface area contributed by atoms with Gasteiger partial charge in [0.15, 0.2) is 0 Å². The fourth-order valence-corrected chi connectivity index (χ4v) is 6.81. The molecule has 2 aromatic heterocycles. The van der Waals surface area contributed by atoms with Gasteiger partial charge in [-0.3, -0.25) is 14.4 Å². The molecule has 7 aromatic rings. The second kappa shape index (κ2) is 11.5. The molecule has 1 aliphatic rings. The number of pyridine rings is 1. The highest BCUT2D eigenvalue weighted by Gasteiger charge is 2.34. The van der Waals surface area contributed by atoms with Crippen LogP contribution in [0.3, 0.4) is 0 Å². The minimum atomic E-state index is 0.00902. The smallest absolute Gasteiger partial charge is 0.137 e. The molecule has 0 saturated carbocycles. The first-order chi connectivity index (χ1) is 23.3. The summed E-state index contributed by atoms with van der Waals surface area (Å²) in [6.07, 6.45) is 1.92. The third kappa shape index (κ3) is 4.99. The molecule has 8 rings (SSSR count). The van der Waals surface area contributed by atoms with E-state index in [0.717, 1.165) is 62.3 Å². The predicted octanol–water partition coefficient (Wildman–Crippen LogP) is 11.8. The summed E-state index contributed by atoms with van der Waals surface area (Å²) < 4.78 is 8.91. The third-order valence-electron chi connectivity index (χ3n) is 9.05. The summed E-state index contributed by atoms with van der Waals surface area (Å²) in [7, 11) is 0. The quantitative estimate of drug-likeness (QED) is 0.190. The standard InChI is InChI=1S/C43H38N4O/c1-29(2)42-45(31-14-7-6-8-15-31)38-20-11-12-21-39(38)46(42)32-16-13-17-33(27-32)48-34-22-23-36-35-18-9-10-19-37(35)47(40(36)28-34)41-26-30(24-25-44-41)43(3,4)5/h6-28H,1-5H3. The zero-order valence-corrected chi connectivity index (χ0v) is 28.0. The first kappa shape index (κ1) is 29.6. The molecule has 0 saturated heterocycles. The van der Waals surface area contributed by atoms with Gasteiger partial charge in [0.2, 0.25) is 0 Å². The molecule has 0 N–H and O–H groups in total. The molecule has 3 heterocycles. The lowest BCUT2D eigenvalue weighted by molar-refractivity contribution is 0.483. The maximum Gasteiger partial charge on any atom is 0.137 e. The molecule has 0 unspecified atom stereocenters. The van der Waals surface area contributed by atoms with Crippen LogP contribution in [-0.4, -0.2) is 9.55 Å². The van der Waals surface area contributed by atoms with Crippen LogP contribution < -0.4 is 14.5 Å². The number of hydrogen-bond donors (Lipinski definition) is 0. The van der Waals surface area contributed by atoms with Gasteiger partial charge in [-0.05, 0) is 97.1 Å². The summed E-state index contributed by atoms with van der Waals surface area (Å²) in [5.41, 5.74) is 9.08. The highest BCUT2D eigenvalue weighted by molar-refractivity contribution is 6.09. The summed E-state index contributed by atoms with van der Waals surface area (Å²) in [5, 5.41) is 2.35. The number of anilines is 4. The van der Waals surface area contributed by atoms with Crippen LogP contribution in [0.2, 0.25) is 0 Å². The maximum atomic E-state index is 6.66. The second-order valence-electron chi connectivity index (χ2n) is 13.6. The first-order valence-electron chi connectivity index (χ1n) is 16.5. The monoisotopic (exact) mass is 626 g/mol. The van der Waals surface area contributed by atoms with Crippen molar-refractivity contribution in [3.63, 3.8) is 0 Å². The van der Waals surface area contributed by atoms with Crippen LogP contribution in [0, 0.1) is 0 Å². The lowest BCUT2D eigenvalue weighted by atomic mass is 9.88. The Labute approximate surface area is 282 Å².